The Bertz CT molecular complexity index is 419. The van der Waals surface area contributed by atoms with Gasteiger partial charge in [-0.1, -0.05) is 13.8 Å². The molecule has 1 aliphatic heterocycles. The van der Waals surface area contributed by atoms with Crippen LogP contribution in [-0.4, -0.2) is 55.8 Å². The van der Waals surface area contributed by atoms with E-state index in [1.54, 1.807) is 13.8 Å². The van der Waals surface area contributed by atoms with Crippen LogP contribution in [0.3, 0.4) is 0 Å². The first-order chi connectivity index (χ1) is 8.41. The molecule has 1 heterocycles. The lowest BCUT2D eigenvalue weighted by atomic mass is 10.1. The van der Waals surface area contributed by atoms with Gasteiger partial charge in [0.15, 0.2) is 9.84 Å². The maximum Gasteiger partial charge on any atom is 0.243 e. The molecule has 0 aromatic carbocycles. The summed E-state index contributed by atoms with van der Waals surface area (Å²) in [6, 6.07) is -0.539. The maximum atomic E-state index is 11.7. The van der Waals surface area contributed by atoms with Crippen molar-refractivity contribution in [1.29, 1.82) is 0 Å². The van der Waals surface area contributed by atoms with Crippen LogP contribution in [0, 0.1) is 0 Å². The summed E-state index contributed by atoms with van der Waals surface area (Å²) < 4.78 is 23.2. The molecule has 1 fully saturated rings. The Morgan fingerprint density at radius 1 is 1.28 bits per heavy atom. The lowest BCUT2D eigenvalue weighted by molar-refractivity contribution is -0.145. The van der Waals surface area contributed by atoms with Gasteiger partial charge in [-0.3, -0.25) is 9.59 Å². The molecule has 0 spiro atoms. The number of piperazine rings is 1. The Kier molecular flexibility index (Phi) is 5.13. The highest BCUT2D eigenvalue weighted by Gasteiger charge is 2.33. The molecule has 0 radical (unpaired) electrons. The van der Waals surface area contributed by atoms with Crippen molar-refractivity contribution in [2.75, 3.05) is 24.6 Å². The zero-order chi connectivity index (χ0) is 13.8. The third-order valence-electron chi connectivity index (χ3n) is 2.96. The third kappa shape index (κ3) is 3.69. The predicted octanol–water partition coefficient (Wildman–Crippen LogP) is -0.452. The Hall–Kier alpha value is -1.11. The number of rotatable bonds is 6. The van der Waals surface area contributed by atoms with Crippen molar-refractivity contribution >= 4 is 21.7 Å². The molecule has 0 aromatic rings. The molecular formula is C11H20N2O4S. The summed E-state index contributed by atoms with van der Waals surface area (Å²) in [6.45, 7) is 3.67. The number of amides is 2. The summed E-state index contributed by atoms with van der Waals surface area (Å²) in [6.07, 6.45) is 1.05. The van der Waals surface area contributed by atoms with Crippen molar-refractivity contribution in [3.05, 3.63) is 0 Å². The van der Waals surface area contributed by atoms with Crippen molar-refractivity contribution in [2.24, 2.45) is 0 Å². The molecular weight excluding hydrogens is 256 g/mol. The number of carbonyl (C=O) groups excluding carboxylic acids is 2. The quantitative estimate of drug-likeness (QED) is 0.712. The number of hydrogen-bond donors (Lipinski definition) is 1. The second kappa shape index (κ2) is 6.17. The molecule has 7 heteroatoms. The largest absolute Gasteiger partial charge is 0.345 e. The SMILES string of the molecule is CCCS(=O)(=O)CCN1C(=O)CNC(=O)C1CC. The molecule has 0 aromatic heterocycles. The van der Waals surface area contributed by atoms with Gasteiger partial charge in [0, 0.05) is 12.3 Å². The Morgan fingerprint density at radius 2 is 1.94 bits per heavy atom. The Morgan fingerprint density at radius 3 is 2.50 bits per heavy atom. The highest BCUT2D eigenvalue weighted by molar-refractivity contribution is 7.91. The van der Waals surface area contributed by atoms with E-state index in [0.717, 1.165) is 0 Å². The van der Waals surface area contributed by atoms with Gasteiger partial charge in [0.25, 0.3) is 0 Å². The molecule has 1 unspecified atom stereocenters. The average molecular weight is 276 g/mol. The van der Waals surface area contributed by atoms with E-state index in [1.807, 2.05) is 0 Å². The van der Waals surface area contributed by atoms with E-state index < -0.39 is 15.9 Å². The van der Waals surface area contributed by atoms with E-state index >= 15 is 0 Å². The van der Waals surface area contributed by atoms with Gasteiger partial charge in [-0.25, -0.2) is 8.42 Å². The van der Waals surface area contributed by atoms with Crippen LogP contribution in [0.2, 0.25) is 0 Å². The van der Waals surface area contributed by atoms with E-state index in [9.17, 15) is 18.0 Å². The van der Waals surface area contributed by atoms with Crippen LogP contribution >= 0.6 is 0 Å². The molecule has 6 nitrogen and oxygen atoms in total. The highest BCUT2D eigenvalue weighted by Crippen LogP contribution is 2.10. The monoisotopic (exact) mass is 276 g/mol. The van der Waals surface area contributed by atoms with Crippen LogP contribution in [0.4, 0.5) is 0 Å². The van der Waals surface area contributed by atoms with Crippen LogP contribution in [0.1, 0.15) is 26.7 Å². The summed E-state index contributed by atoms with van der Waals surface area (Å²) in [5, 5.41) is 2.51. The van der Waals surface area contributed by atoms with Crippen molar-refractivity contribution in [3.8, 4) is 0 Å². The minimum atomic E-state index is -3.13. The first-order valence-electron chi connectivity index (χ1n) is 6.19. The van der Waals surface area contributed by atoms with Crippen LogP contribution in [0.15, 0.2) is 0 Å². The lowest BCUT2D eigenvalue weighted by Gasteiger charge is -2.34. The molecule has 0 saturated carbocycles. The van der Waals surface area contributed by atoms with E-state index in [-0.39, 0.29) is 36.4 Å². The van der Waals surface area contributed by atoms with Crippen LogP contribution in [0.5, 0.6) is 0 Å². The van der Waals surface area contributed by atoms with E-state index in [2.05, 4.69) is 5.32 Å². The zero-order valence-electron chi connectivity index (χ0n) is 10.8. The number of hydrogen-bond acceptors (Lipinski definition) is 4. The molecule has 104 valence electrons. The van der Waals surface area contributed by atoms with Gasteiger partial charge in [0.2, 0.25) is 11.8 Å². The standard InChI is InChI=1S/C11H20N2O4S/c1-3-6-18(16,17)7-5-13-9(4-2)11(15)12-8-10(13)14/h9H,3-8H2,1-2H3,(H,12,15). The summed E-state index contributed by atoms with van der Waals surface area (Å²) in [5.74, 6) is -0.368. The number of sulfone groups is 1. The van der Waals surface area contributed by atoms with Gasteiger partial charge >= 0.3 is 0 Å². The Labute approximate surface area is 108 Å². The van der Waals surface area contributed by atoms with Gasteiger partial charge in [-0.05, 0) is 12.8 Å². The minimum Gasteiger partial charge on any atom is -0.345 e. The molecule has 1 rings (SSSR count). The van der Waals surface area contributed by atoms with Crippen LogP contribution in [-0.2, 0) is 19.4 Å². The van der Waals surface area contributed by atoms with Crippen molar-refractivity contribution in [1.82, 2.24) is 10.2 Å². The first-order valence-corrected chi connectivity index (χ1v) is 8.01. The molecule has 0 bridgehead atoms. The normalized spacial score (nSPS) is 21.0. The fourth-order valence-corrected chi connectivity index (χ4v) is 3.34. The third-order valence-corrected chi connectivity index (χ3v) is 4.79. The van der Waals surface area contributed by atoms with Crippen LogP contribution in [0.25, 0.3) is 0 Å². The number of nitrogens with zero attached hydrogens (tertiary/aromatic N) is 1. The van der Waals surface area contributed by atoms with Gasteiger partial charge in [0.05, 0.1) is 12.3 Å². The van der Waals surface area contributed by atoms with Gasteiger partial charge in [-0.2, -0.15) is 0 Å². The molecule has 1 saturated heterocycles. The predicted molar refractivity (Wildman–Crippen MR) is 67.7 cm³/mol. The number of nitrogens with one attached hydrogen (secondary N) is 1. The van der Waals surface area contributed by atoms with Crippen molar-refractivity contribution < 1.29 is 18.0 Å². The first kappa shape index (κ1) is 14.9. The Balaban J connectivity index is 2.68. The summed E-state index contributed by atoms with van der Waals surface area (Å²) in [4.78, 5) is 24.7. The van der Waals surface area contributed by atoms with Crippen molar-refractivity contribution in [2.45, 2.75) is 32.7 Å². The molecule has 1 aliphatic rings. The second-order valence-corrected chi connectivity index (χ2v) is 6.68. The highest BCUT2D eigenvalue weighted by atomic mass is 32.2. The summed E-state index contributed by atoms with van der Waals surface area (Å²) in [7, 11) is -3.13. The summed E-state index contributed by atoms with van der Waals surface area (Å²) in [5.41, 5.74) is 0. The average Bonchev–Trinajstić information content (AvgIpc) is 2.30. The van der Waals surface area contributed by atoms with E-state index in [4.69, 9.17) is 0 Å². The fraction of sp³-hybridized carbons (Fsp3) is 0.818. The zero-order valence-corrected chi connectivity index (χ0v) is 11.6. The molecule has 18 heavy (non-hydrogen) atoms. The minimum absolute atomic E-state index is 0.0385. The van der Waals surface area contributed by atoms with Gasteiger partial charge < -0.3 is 10.2 Å². The van der Waals surface area contributed by atoms with E-state index in [1.165, 1.54) is 4.90 Å². The fourth-order valence-electron chi connectivity index (χ4n) is 2.03. The maximum absolute atomic E-state index is 11.7. The molecule has 1 N–H and O–H groups in total. The summed E-state index contributed by atoms with van der Waals surface area (Å²) >= 11 is 0. The van der Waals surface area contributed by atoms with Gasteiger partial charge in [-0.15, -0.1) is 0 Å². The smallest absolute Gasteiger partial charge is 0.243 e. The molecule has 1 atom stereocenters. The molecule has 0 aliphatic carbocycles. The number of carbonyl (C=O) groups is 2. The topological polar surface area (TPSA) is 83.6 Å². The second-order valence-electron chi connectivity index (χ2n) is 4.38. The van der Waals surface area contributed by atoms with Gasteiger partial charge in [0.1, 0.15) is 6.04 Å². The lowest BCUT2D eigenvalue weighted by Crippen LogP contribution is -2.59. The molecule has 2 amide bonds. The van der Waals surface area contributed by atoms with Crippen LogP contribution < -0.4 is 5.32 Å². The van der Waals surface area contributed by atoms with E-state index in [0.29, 0.717) is 12.8 Å². The van der Waals surface area contributed by atoms with Crippen molar-refractivity contribution in [3.63, 3.8) is 0 Å².